The number of benzene rings is 4. The summed E-state index contributed by atoms with van der Waals surface area (Å²) in [5.74, 6) is -0.909. The number of carbonyl (C=O) groups is 2. The van der Waals surface area contributed by atoms with E-state index in [0.29, 0.717) is 11.1 Å². The van der Waals surface area contributed by atoms with Crippen LogP contribution in [0, 0.1) is 6.92 Å². The van der Waals surface area contributed by atoms with Crippen LogP contribution in [0.2, 0.25) is 0 Å². The first-order valence-corrected chi connectivity index (χ1v) is 10.8. The summed E-state index contributed by atoms with van der Waals surface area (Å²) >= 11 is 3.39. The fraction of sp³-hybridized carbons (Fsp3) is 0.0385. The molecule has 0 aromatic heterocycles. The van der Waals surface area contributed by atoms with E-state index >= 15 is 0 Å². The van der Waals surface area contributed by atoms with Crippen LogP contribution in [0.25, 0.3) is 10.8 Å². The highest BCUT2D eigenvalue weighted by Gasteiger charge is 2.14. The number of carbonyl (C=O) groups excluding carboxylic acids is 2. The average molecular weight is 503 g/mol. The Morgan fingerprint density at radius 3 is 2.39 bits per heavy atom. The number of phenolic OH excluding ortho intramolecular Hbond substituents is 1. The van der Waals surface area contributed by atoms with Crippen LogP contribution in [0.3, 0.4) is 0 Å². The molecular formula is C26H19BrN2O4. The minimum atomic E-state index is -0.567. The lowest BCUT2D eigenvalue weighted by molar-refractivity contribution is 0.0733. The fourth-order valence-electron chi connectivity index (χ4n) is 3.30. The maximum atomic E-state index is 12.6. The van der Waals surface area contributed by atoms with Crippen LogP contribution >= 0.6 is 15.9 Å². The molecule has 0 fully saturated rings. The van der Waals surface area contributed by atoms with Gasteiger partial charge in [-0.2, -0.15) is 5.10 Å². The molecular weight excluding hydrogens is 484 g/mol. The van der Waals surface area contributed by atoms with Gasteiger partial charge < -0.3 is 9.84 Å². The van der Waals surface area contributed by atoms with Crippen LogP contribution in [-0.2, 0) is 0 Å². The lowest BCUT2D eigenvalue weighted by Gasteiger charge is -2.09. The van der Waals surface area contributed by atoms with E-state index in [4.69, 9.17) is 4.74 Å². The molecule has 0 saturated carbocycles. The van der Waals surface area contributed by atoms with Crippen molar-refractivity contribution in [2.75, 3.05) is 0 Å². The van der Waals surface area contributed by atoms with Crippen molar-refractivity contribution in [1.29, 1.82) is 0 Å². The van der Waals surface area contributed by atoms with Crippen molar-refractivity contribution in [1.82, 2.24) is 5.43 Å². The van der Waals surface area contributed by atoms with Crippen molar-refractivity contribution in [3.63, 3.8) is 0 Å². The molecule has 1 amide bonds. The number of hydrogen-bond acceptors (Lipinski definition) is 5. The number of ether oxygens (including phenoxy) is 1. The predicted octanol–water partition coefficient (Wildman–Crippen LogP) is 5.60. The van der Waals surface area contributed by atoms with E-state index in [-0.39, 0.29) is 17.1 Å². The molecule has 0 saturated heterocycles. The molecule has 0 aliphatic heterocycles. The number of hydrazone groups is 1. The molecule has 6 nitrogen and oxygen atoms in total. The van der Waals surface area contributed by atoms with E-state index < -0.39 is 11.9 Å². The number of amides is 1. The number of rotatable bonds is 5. The molecule has 0 atom stereocenters. The van der Waals surface area contributed by atoms with Gasteiger partial charge in [0.15, 0.2) is 0 Å². The van der Waals surface area contributed by atoms with Crippen LogP contribution in [0.15, 0.2) is 88.4 Å². The molecule has 4 aromatic carbocycles. The van der Waals surface area contributed by atoms with Crippen molar-refractivity contribution < 1.29 is 19.4 Å². The van der Waals surface area contributed by atoms with Gasteiger partial charge in [0.2, 0.25) is 0 Å². The summed E-state index contributed by atoms with van der Waals surface area (Å²) in [6.07, 6.45) is 1.38. The highest BCUT2D eigenvalue weighted by molar-refractivity contribution is 9.10. The molecule has 4 aromatic rings. The van der Waals surface area contributed by atoms with Gasteiger partial charge >= 0.3 is 5.97 Å². The average Bonchev–Trinajstić information content (AvgIpc) is 2.80. The van der Waals surface area contributed by atoms with Crippen molar-refractivity contribution in [2.45, 2.75) is 6.92 Å². The fourth-order valence-corrected chi connectivity index (χ4v) is 3.68. The summed E-state index contributed by atoms with van der Waals surface area (Å²) in [5.41, 5.74) is 4.26. The first-order valence-electron chi connectivity index (χ1n) is 10.0. The standard InChI is InChI=1S/C26H19BrN2O4/c1-16-6-2-5-9-21(16)26(32)33-24-11-10-20(27)12-19(24)15-28-29-25(31)22-13-17-7-3-4-8-18(17)14-23(22)30/h2-15,30H,1H3,(H,29,31)/b28-15+. The molecule has 33 heavy (non-hydrogen) atoms. The van der Waals surface area contributed by atoms with E-state index in [1.807, 2.05) is 43.3 Å². The van der Waals surface area contributed by atoms with Crippen molar-refractivity contribution >= 4 is 44.8 Å². The predicted molar refractivity (Wildman–Crippen MR) is 131 cm³/mol. The zero-order valence-corrected chi connectivity index (χ0v) is 19.2. The largest absolute Gasteiger partial charge is 0.507 e. The number of aryl methyl sites for hydroxylation is 1. The molecule has 164 valence electrons. The van der Waals surface area contributed by atoms with Gasteiger partial charge in [-0.3, -0.25) is 4.79 Å². The van der Waals surface area contributed by atoms with Gasteiger partial charge in [-0.05, 0) is 59.7 Å². The van der Waals surface area contributed by atoms with Gasteiger partial charge in [0, 0.05) is 10.0 Å². The smallest absolute Gasteiger partial charge is 0.343 e. The highest BCUT2D eigenvalue weighted by atomic mass is 79.9. The zero-order chi connectivity index (χ0) is 23.4. The lowest BCUT2D eigenvalue weighted by Crippen LogP contribution is -2.18. The number of esters is 1. The van der Waals surface area contributed by atoms with E-state index in [1.165, 1.54) is 12.3 Å². The summed E-state index contributed by atoms with van der Waals surface area (Å²) < 4.78 is 6.32. The number of nitrogens with one attached hydrogen (secondary N) is 1. The molecule has 4 rings (SSSR count). The van der Waals surface area contributed by atoms with Gasteiger partial charge in [-0.1, -0.05) is 58.4 Å². The molecule has 0 unspecified atom stereocenters. The van der Waals surface area contributed by atoms with Crippen LogP contribution < -0.4 is 10.2 Å². The van der Waals surface area contributed by atoms with E-state index in [1.54, 1.807) is 36.4 Å². The number of nitrogens with zero attached hydrogens (tertiary/aromatic N) is 1. The van der Waals surface area contributed by atoms with Crippen molar-refractivity contribution in [2.24, 2.45) is 5.10 Å². The Labute approximate surface area is 198 Å². The van der Waals surface area contributed by atoms with Crippen LogP contribution in [0.5, 0.6) is 11.5 Å². The van der Waals surface area contributed by atoms with Gasteiger partial charge in [-0.15, -0.1) is 0 Å². The maximum absolute atomic E-state index is 12.6. The molecule has 0 radical (unpaired) electrons. The second kappa shape index (κ2) is 9.67. The topological polar surface area (TPSA) is 88.0 Å². The molecule has 0 aliphatic carbocycles. The summed E-state index contributed by atoms with van der Waals surface area (Å²) in [4.78, 5) is 25.2. The Hall–Kier alpha value is -3.97. The minimum Gasteiger partial charge on any atom is -0.507 e. The molecule has 0 aliphatic rings. The van der Waals surface area contributed by atoms with Crippen molar-refractivity contribution in [3.8, 4) is 11.5 Å². The summed E-state index contributed by atoms with van der Waals surface area (Å²) in [6.45, 7) is 1.83. The van der Waals surface area contributed by atoms with Gasteiger partial charge in [0.05, 0.1) is 17.3 Å². The van der Waals surface area contributed by atoms with E-state index in [2.05, 4.69) is 26.5 Å². The first-order chi connectivity index (χ1) is 15.9. The number of phenols is 1. The monoisotopic (exact) mass is 502 g/mol. The number of aromatic hydroxyl groups is 1. The molecule has 7 heteroatoms. The summed E-state index contributed by atoms with van der Waals surface area (Å²) in [6, 6.07) is 22.8. The maximum Gasteiger partial charge on any atom is 0.343 e. The van der Waals surface area contributed by atoms with Crippen LogP contribution in [-0.4, -0.2) is 23.2 Å². The quantitative estimate of drug-likeness (QED) is 0.161. The van der Waals surface area contributed by atoms with Gasteiger partial charge in [-0.25, -0.2) is 10.2 Å². The highest BCUT2D eigenvalue weighted by Crippen LogP contribution is 2.25. The summed E-state index contributed by atoms with van der Waals surface area (Å²) in [5, 5.41) is 15.9. The van der Waals surface area contributed by atoms with Gasteiger partial charge in [0.25, 0.3) is 5.91 Å². The van der Waals surface area contributed by atoms with E-state index in [9.17, 15) is 14.7 Å². The molecule has 0 heterocycles. The zero-order valence-electron chi connectivity index (χ0n) is 17.6. The third kappa shape index (κ3) is 5.10. The Bertz CT molecular complexity index is 1400. The minimum absolute atomic E-state index is 0.103. The SMILES string of the molecule is Cc1ccccc1C(=O)Oc1ccc(Br)cc1/C=N/NC(=O)c1cc2ccccc2cc1O. The molecule has 0 spiro atoms. The first kappa shape index (κ1) is 22.2. The second-order valence-corrected chi connectivity index (χ2v) is 8.22. The Morgan fingerprint density at radius 1 is 0.939 bits per heavy atom. The van der Waals surface area contributed by atoms with Crippen LogP contribution in [0.4, 0.5) is 0 Å². The third-order valence-corrected chi connectivity index (χ3v) is 5.51. The van der Waals surface area contributed by atoms with Crippen LogP contribution in [0.1, 0.15) is 31.8 Å². The Balaban J connectivity index is 1.53. The summed E-state index contributed by atoms with van der Waals surface area (Å²) in [7, 11) is 0. The number of hydrogen-bond donors (Lipinski definition) is 2. The Morgan fingerprint density at radius 2 is 1.64 bits per heavy atom. The number of fused-ring (bicyclic) bond motifs is 1. The van der Waals surface area contributed by atoms with E-state index in [0.717, 1.165) is 20.8 Å². The Kier molecular flexibility index (Phi) is 6.51. The molecule has 2 N–H and O–H groups in total. The third-order valence-electron chi connectivity index (χ3n) is 5.02. The second-order valence-electron chi connectivity index (χ2n) is 7.30. The van der Waals surface area contributed by atoms with Crippen molar-refractivity contribution in [3.05, 3.63) is 106 Å². The molecule has 0 bridgehead atoms. The normalized spacial score (nSPS) is 11.0. The lowest BCUT2D eigenvalue weighted by atomic mass is 10.1. The van der Waals surface area contributed by atoms with Gasteiger partial charge in [0.1, 0.15) is 11.5 Å². The number of halogens is 1.